The summed E-state index contributed by atoms with van der Waals surface area (Å²) in [7, 11) is 0. The maximum atomic E-state index is 11.0. The first-order chi connectivity index (χ1) is 4.52. The Balaban J connectivity index is 2.61. The Hall–Kier alpha value is -0.570. The highest BCUT2D eigenvalue weighted by molar-refractivity contribution is 5.76. The van der Waals surface area contributed by atoms with Gasteiger partial charge in [-0.15, -0.1) is 0 Å². The summed E-state index contributed by atoms with van der Waals surface area (Å²) in [5.74, 6) is -0.175. The van der Waals surface area contributed by atoms with Gasteiger partial charge in [-0.1, -0.05) is 0 Å². The average molecular weight is 144 g/mol. The molecule has 3 heteroatoms. The van der Waals surface area contributed by atoms with Crippen molar-refractivity contribution in [3.63, 3.8) is 0 Å². The van der Waals surface area contributed by atoms with E-state index >= 15 is 0 Å². The lowest BCUT2D eigenvalue weighted by molar-refractivity contribution is -0.216. The molecule has 0 aliphatic carbocycles. The Morgan fingerprint density at radius 3 is 2.60 bits per heavy atom. The fraction of sp³-hybridized carbons (Fsp3) is 0.857. The number of hydrogen-bond donors (Lipinski definition) is 0. The van der Waals surface area contributed by atoms with Gasteiger partial charge in [-0.05, 0) is 20.8 Å². The number of carbonyl (C=O) groups is 1. The molecule has 1 heterocycles. The third-order valence-electron chi connectivity index (χ3n) is 1.50. The summed E-state index contributed by atoms with van der Waals surface area (Å²) in [5, 5.41) is 0. The maximum absolute atomic E-state index is 11.0. The van der Waals surface area contributed by atoms with E-state index in [1.165, 1.54) is 0 Å². The second-order valence-electron chi connectivity index (χ2n) is 3.17. The Labute approximate surface area is 60.3 Å². The number of esters is 1. The van der Waals surface area contributed by atoms with Gasteiger partial charge < -0.3 is 9.47 Å². The average Bonchev–Trinajstić information content (AvgIpc) is 1.81. The van der Waals surface area contributed by atoms with Crippen LogP contribution in [-0.4, -0.2) is 18.9 Å². The van der Waals surface area contributed by atoms with Gasteiger partial charge in [-0.2, -0.15) is 0 Å². The zero-order chi connectivity index (χ0) is 7.78. The lowest BCUT2D eigenvalue weighted by atomic mass is 9.94. The van der Waals surface area contributed by atoms with Crippen molar-refractivity contribution in [3.8, 4) is 0 Å². The van der Waals surface area contributed by atoms with Gasteiger partial charge in [-0.3, -0.25) is 4.79 Å². The van der Waals surface area contributed by atoms with Gasteiger partial charge >= 0.3 is 5.97 Å². The molecule has 10 heavy (non-hydrogen) atoms. The molecule has 0 aromatic heterocycles. The first-order valence-electron chi connectivity index (χ1n) is 3.35. The molecule has 0 aromatic carbocycles. The van der Waals surface area contributed by atoms with E-state index in [0.717, 1.165) is 0 Å². The van der Waals surface area contributed by atoms with E-state index in [9.17, 15) is 4.79 Å². The predicted molar refractivity (Wildman–Crippen MR) is 35.3 cm³/mol. The Kier molecular flexibility index (Phi) is 1.68. The first kappa shape index (κ1) is 7.54. The molecule has 1 atom stereocenters. The van der Waals surface area contributed by atoms with Crippen molar-refractivity contribution in [2.75, 3.05) is 6.61 Å². The molecule has 1 saturated heterocycles. The van der Waals surface area contributed by atoms with Crippen molar-refractivity contribution >= 4 is 5.97 Å². The number of rotatable bonds is 0. The summed E-state index contributed by atoms with van der Waals surface area (Å²) >= 11 is 0. The maximum Gasteiger partial charge on any atom is 0.316 e. The number of carbonyl (C=O) groups excluding carboxylic acids is 1. The van der Waals surface area contributed by atoms with E-state index in [0.29, 0.717) is 6.61 Å². The largest absolute Gasteiger partial charge is 0.436 e. The van der Waals surface area contributed by atoms with E-state index in [2.05, 4.69) is 0 Å². The van der Waals surface area contributed by atoms with Crippen LogP contribution in [0.25, 0.3) is 0 Å². The van der Waals surface area contributed by atoms with Crippen molar-refractivity contribution in [1.29, 1.82) is 0 Å². The molecule has 0 bridgehead atoms. The molecular formula is C7H12O3. The van der Waals surface area contributed by atoms with Crippen molar-refractivity contribution < 1.29 is 14.3 Å². The van der Waals surface area contributed by atoms with Gasteiger partial charge in [0.15, 0.2) is 6.29 Å². The zero-order valence-corrected chi connectivity index (χ0v) is 6.51. The van der Waals surface area contributed by atoms with Crippen LogP contribution in [0.5, 0.6) is 0 Å². The fourth-order valence-corrected chi connectivity index (χ4v) is 0.729. The summed E-state index contributed by atoms with van der Waals surface area (Å²) in [6.07, 6.45) is -0.375. The van der Waals surface area contributed by atoms with E-state index in [4.69, 9.17) is 9.47 Å². The fourth-order valence-electron chi connectivity index (χ4n) is 0.729. The molecule has 1 unspecified atom stereocenters. The number of cyclic esters (lactones) is 1. The van der Waals surface area contributed by atoms with Gasteiger partial charge in [0.05, 0.1) is 12.0 Å². The van der Waals surface area contributed by atoms with Crippen LogP contribution in [0.15, 0.2) is 0 Å². The molecule has 0 saturated carbocycles. The van der Waals surface area contributed by atoms with Crippen LogP contribution in [0.4, 0.5) is 0 Å². The monoisotopic (exact) mass is 144 g/mol. The Bertz CT molecular complexity index is 151. The van der Waals surface area contributed by atoms with E-state index in [1.807, 2.05) is 0 Å². The van der Waals surface area contributed by atoms with Crippen LogP contribution in [0, 0.1) is 5.41 Å². The molecule has 1 aliphatic heterocycles. The third kappa shape index (κ3) is 1.29. The quantitative estimate of drug-likeness (QED) is 0.474. The van der Waals surface area contributed by atoms with Crippen molar-refractivity contribution in [2.24, 2.45) is 5.41 Å². The minimum absolute atomic E-state index is 0.175. The van der Waals surface area contributed by atoms with Crippen LogP contribution < -0.4 is 0 Å². The predicted octanol–water partition coefficient (Wildman–Crippen LogP) is 0.932. The van der Waals surface area contributed by atoms with Gasteiger partial charge in [0.1, 0.15) is 0 Å². The van der Waals surface area contributed by atoms with E-state index < -0.39 is 5.41 Å². The highest BCUT2D eigenvalue weighted by Gasteiger charge is 2.35. The molecule has 0 N–H and O–H groups in total. The molecular weight excluding hydrogens is 132 g/mol. The van der Waals surface area contributed by atoms with Gasteiger partial charge in [-0.25, -0.2) is 0 Å². The summed E-state index contributed by atoms with van der Waals surface area (Å²) in [5.41, 5.74) is -0.466. The first-order valence-corrected chi connectivity index (χ1v) is 3.35. The number of ether oxygens (including phenoxy) is 2. The van der Waals surface area contributed by atoms with Crippen molar-refractivity contribution in [3.05, 3.63) is 0 Å². The standard InChI is InChI=1S/C7H12O3/c1-5-9-4-7(2,3)6(8)10-5/h5H,4H2,1-3H3. The molecule has 0 spiro atoms. The van der Waals surface area contributed by atoms with E-state index in [1.54, 1.807) is 20.8 Å². The second-order valence-corrected chi connectivity index (χ2v) is 3.17. The molecule has 58 valence electrons. The summed E-state index contributed by atoms with van der Waals surface area (Å²) in [6, 6.07) is 0. The van der Waals surface area contributed by atoms with Crippen LogP contribution in [0.2, 0.25) is 0 Å². The van der Waals surface area contributed by atoms with Crippen LogP contribution in [0.3, 0.4) is 0 Å². The minimum Gasteiger partial charge on any atom is -0.436 e. The van der Waals surface area contributed by atoms with Crippen molar-refractivity contribution in [2.45, 2.75) is 27.1 Å². The third-order valence-corrected chi connectivity index (χ3v) is 1.50. The summed E-state index contributed by atoms with van der Waals surface area (Å²) in [6.45, 7) is 5.78. The summed E-state index contributed by atoms with van der Waals surface area (Å²) < 4.78 is 9.96. The topological polar surface area (TPSA) is 35.5 Å². The molecule has 0 amide bonds. The second kappa shape index (κ2) is 2.23. The van der Waals surface area contributed by atoms with Crippen LogP contribution >= 0.6 is 0 Å². The Morgan fingerprint density at radius 1 is 1.60 bits per heavy atom. The Morgan fingerprint density at radius 2 is 2.20 bits per heavy atom. The number of hydrogen-bond acceptors (Lipinski definition) is 3. The highest BCUT2D eigenvalue weighted by atomic mass is 16.7. The van der Waals surface area contributed by atoms with Gasteiger partial charge in [0.2, 0.25) is 0 Å². The molecule has 0 radical (unpaired) electrons. The summed E-state index contributed by atoms with van der Waals surface area (Å²) in [4.78, 5) is 11.0. The lowest BCUT2D eigenvalue weighted by Crippen LogP contribution is -2.41. The van der Waals surface area contributed by atoms with Crippen molar-refractivity contribution in [1.82, 2.24) is 0 Å². The SMILES string of the molecule is CC1OCC(C)(C)C(=O)O1. The van der Waals surface area contributed by atoms with Gasteiger partial charge in [0, 0.05) is 0 Å². The molecule has 1 aliphatic rings. The lowest BCUT2D eigenvalue weighted by Gasteiger charge is -2.31. The smallest absolute Gasteiger partial charge is 0.316 e. The van der Waals surface area contributed by atoms with Gasteiger partial charge in [0.25, 0.3) is 0 Å². The zero-order valence-electron chi connectivity index (χ0n) is 6.51. The van der Waals surface area contributed by atoms with Crippen LogP contribution in [-0.2, 0) is 14.3 Å². The van der Waals surface area contributed by atoms with Crippen LogP contribution in [0.1, 0.15) is 20.8 Å². The molecule has 1 rings (SSSR count). The van der Waals surface area contributed by atoms with E-state index in [-0.39, 0.29) is 12.3 Å². The molecule has 1 fully saturated rings. The molecule has 3 nitrogen and oxygen atoms in total. The minimum atomic E-state index is -0.466. The molecule has 0 aromatic rings. The normalized spacial score (nSPS) is 31.5. The highest BCUT2D eigenvalue weighted by Crippen LogP contribution is 2.23.